The Kier molecular flexibility index (Phi) is 16.7. The number of nitrogens with zero attached hydrogens (tertiary/aromatic N) is 1. The van der Waals surface area contributed by atoms with Crippen LogP contribution in [0.5, 0.6) is 5.75 Å². The minimum absolute atomic E-state index is 0.0438. The predicted molar refractivity (Wildman–Crippen MR) is 154 cm³/mol. The van der Waals surface area contributed by atoms with Crippen LogP contribution in [0.2, 0.25) is 0 Å². The van der Waals surface area contributed by atoms with Gasteiger partial charge < -0.3 is 9.84 Å². The number of phenols is 1. The highest BCUT2D eigenvalue weighted by molar-refractivity contribution is 7.16. The summed E-state index contributed by atoms with van der Waals surface area (Å²) in [7, 11) is 2.85. The fraction of sp³-hybridized carbons (Fsp3) is 0.633. The molecule has 1 N–H and O–H groups in total. The topological polar surface area (TPSA) is 49.8 Å². The van der Waals surface area contributed by atoms with Crippen molar-refractivity contribution in [3.8, 4) is 5.75 Å². The Hall–Kier alpha value is -1.64. The summed E-state index contributed by atoms with van der Waals surface area (Å²) in [6.45, 7) is 13.1. The highest BCUT2D eigenvalue weighted by atomic mass is 31.0. The second-order valence-corrected chi connectivity index (χ2v) is 9.38. The van der Waals surface area contributed by atoms with E-state index in [2.05, 4.69) is 32.3 Å². The molecule has 35 heavy (non-hydrogen) atoms. The van der Waals surface area contributed by atoms with Crippen LogP contribution in [0, 0.1) is 11.8 Å². The largest absolute Gasteiger partial charge is 0.508 e. The summed E-state index contributed by atoms with van der Waals surface area (Å²) >= 11 is 0. The maximum Gasteiger partial charge on any atom is 0.309 e. The Balaban J connectivity index is 0.000000427. The van der Waals surface area contributed by atoms with Crippen molar-refractivity contribution in [2.75, 3.05) is 25.9 Å². The summed E-state index contributed by atoms with van der Waals surface area (Å²) in [4.78, 5) is 14.2. The van der Waals surface area contributed by atoms with Crippen molar-refractivity contribution in [3.63, 3.8) is 0 Å². The van der Waals surface area contributed by atoms with Gasteiger partial charge in [0.25, 0.3) is 0 Å². The van der Waals surface area contributed by atoms with Crippen molar-refractivity contribution in [2.24, 2.45) is 11.8 Å². The molecule has 2 aliphatic rings. The molecule has 5 heteroatoms. The Bertz CT molecular complexity index is 827. The number of phenolic OH excluding ortho intramolecular Hbond substituents is 1. The van der Waals surface area contributed by atoms with Crippen LogP contribution in [0.25, 0.3) is 10.8 Å². The molecule has 1 saturated carbocycles. The van der Waals surface area contributed by atoms with E-state index in [0.717, 1.165) is 49.2 Å². The first kappa shape index (κ1) is 31.4. The molecule has 0 spiro atoms. The lowest BCUT2D eigenvalue weighted by Crippen LogP contribution is -2.36. The van der Waals surface area contributed by atoms with E-state index in [1.165, 1.54) is 43.8 Å². The lowest BCUT2D eigenvalue weighted by Gasteiger charge is -2.30. The van der Waals surface area contributed by atoms with Gasteiger partial charge in [0.1, 0.15) is 5.75 Å². The molecule has 0 aromatic heterocycles. The normalized spacial score (nSPS) is 16.6. The summed E-state index contributed by atoms with van der Waals surface area (Å²) in [5.74, 6) is 1.36. The molecule has 0 bridgehead atoms. The van der Waals surface area contributed by atoms with Gasteiger partial charge >= 0.3 is 5.97 Å². The first-order valence-corrected chi connectivity index (χ1v) is 14.7. The number of aromatic hydroxyl groups is 1. The molecule has 2 fully saturated rings. The lowest BCUT2D eigenvalue weighted by molar-refractivity contribution is -0.149. The van der Waals surface area contributed by atoms with Crippen LogP contribution in [0.1, 0.15) is 85.1 Å². The third kappa shape index (κ3) is 11.3. The molecule has 198 valence electrons. The first-order chi connectivity index (χ1) is 17.1. The summed E-state index contributed by atoms with van der Waals surface area (Å²) in [5.41, 5.74) is 1.26. The molecular weight excluding hydrogens is 453 g/mol. The van der Waals surface area contributed by atoms with E-state index in [1.807, 2.05) is 40.7 Å². The van der Waals surface area contributed by atoms with E-state index in [4.69, 9.17) is 4.74 Å². The van der Waals surface area contributed by atoms with Gasteiger partial charge in [0, 0.05) is 6.54 Å². The Labute approximate surface area is 217 Å². The number of carbonyl (C=O) groups excluding carboxylic acids is 1. The highest BCUT2D eigenvalue weighted by Crippen LogP contribution is 2.25. The molecule has 4 nitrogen and oxygen atoms in total. The monoisotopic (exact) mass is 503 g/mol. The van der Waals surface area contributed by atoms with Gasteiger partial charge in [-0.05, 0) is 79.5 Å². The van der Waals surface area contributed by atoms with Crippen molar-refractivity contribution in [1.82, 2.24) is 4.90 Å². The lowest BCUT2D eigenvalue weighted by atomic mass is 9.91. The second kappa shape index (κ2) is 18.6. The summed E-state index contributed by atoms with van der Waals surface area (Å²) in [6, 6.07) is 11.8. The standard InChI is InChI=1S/C19H23NO3.C7H15P.2C2H6/c1-2-23-19(22)15-7-9-20(10-8-15)13-14-3-4-17-12-18(21)6-5-16(17)11-14;8-6-7-4-2-1-3-5-7;2*1-2/h3-6,11-12,15,21H,2,7-10,13H2,1H3;7H,1-6,8H2;2*1-2H3. The van der Waals surface area contributed by atoms with Crippen LogP contribution in [-0.2, 0) is 16.1 Å². The van der Waals surface area contributed by atoms with E-state index in [0.29, 0.717) is 12.4 Å². The second-order valence-electron chi connectivity index (χ2n) is 8.91. The Morgan fingerprint density at radius 3 is 2.11 bits per heavy atom. The smallest absolute Gasteiger partial charge is 0.309 e. The SMILES string of the molecule is CC.CC.CCOC(=O)C1CCN(Cc2ccc3cc(O)ccc3c2)CC1.PCC1CCCCC1. The average molecular weight is 504 g/mol. The number of benzene rings is 2. The molecular formula is C30H50NO3P. The summed E-state index contributed by atoms with van der Waals surface area (Å²) < 4.78 is 5.11. The molecule has 1 saturated heterocycles. The van der Waals surface area contributed by atoms with E-state index in [9.17, 15) is 9.90 Å². The zero-order valence-corrected chi connectivity index (χ0v) is 24.0. The quantitative estimate of drug-likeness (QED) is 0.334. The molecule has 2 aromatic rings. The maximum absolute atomic E-state index is 11.8. The number of hydrogen-bond acceptors (Lipinski definition) is 4. The van der Waals surface area contributed by atoms with Crippen molar-refractivity contribution in [1.29, 1.82) is 0 Å². The summed E-state index contributed by atoms with van der Waals surface area (Å²) in [5, 5.41) is 11.7. The van der Waals surface area contributed by atoms with Crippen molar-refractivity contribution >= 4 is 26.0 Å². The zero-order valence-electron chi connectivity index (χ0n) is 22.9. The van der Waals surface area contributed by atoms with Crippen LogP contribution in [0.4, 0.5) is 0 Å². The fourth-order valence-corrected chi connectivity index (χ4v) is 5.12. The van der Waals surface area contributed by atoms with Crippen LogP contribution in [0.3, 0.4) is 0 Å². The summed E-state index contributed by atoms with van der Waals surface area (Å²) in [6.07, 6.45) is 10.5. The van der Waals surface area contributed by atoms with Gasteiger partial charge in [-0.1, -0.05) is 78.0 Å². The van der Waals surface area contributed by atoms with Crippen LogP contribution < -0.4 is 0 Å². The molecule has 1 aliphatic carbocycles. The number of piperidine rings is 1. The number of ether oxygens (including phenoxy) is 1. The molecule has 2 aromatic carbocycles. The number of rotatable bonds is 5. The number of hydrogen-bond donors (Lipinski definition) is 1. The van der Waals surface area contributed by atoms with Crippen LogP contribution >= 0.6 is 9.24 Å². The maximum atomic E-state index is 11.8. The van der Waals surface area contributed by atoms with Crippen LogP contribution in [-0.4, -0.2) is 41.8 Å². The van der Waals surface area contributed by atoms with Gasteiger partial charge in [-0.2, -0.15) is 0 Å². The fourth-order valence-electron chi connectivity index (χ4n) is 4.65. The minimum atomic E-state index is -0.0438. The van der Waals surface area contributed by atoms with Crippen molar-refractivity contribution in [3.05, 3.63) is 42.0 Å². The molecule has 4 rings (SSSR count). The van der Waals surface area contributed by atoms with Gasteiger partial charge in [0.15, 0.2) is 0 Å². The van der Waals surface area contributed by atoms with Crippen molar-refractivity contribution < 1.29 is 14.6 Å². The minimum Gasteiger partial charge on any atom is -0.508 e. The molecule has 1 heterocycles. The molecule has 0 amide bonds. The van der Waals surface area contributed by atoms with Gasteiger partial charge in [-0.3, -0.25) is 9.69 Å². The van der Waals surface area contributed by atoms with E-state index in [1.54, 1.807) is 12.1 Å². The number of fused-ring (bicyclic) bond motifs is 1. The van der Waals surface area contributed by atoms with Gasteiger partial charge in [-0.25, -0.2) is 0 Å². The highest BCUT2D eigenvalue weighted by Gasteiger charge is 2.25. The van der Waals surface area contributed by atoms with Crippen molar-refractivity contribution in [2.45, 2.75) is 86.1 Å². The molecule has 1 unspecified atom stereocenters. The van der Waals surface area contributed by atoms with Gasteiger partial charge in [-0.15, -0.1) is 9.24 Å². The Morgan fingerprint density at radius 2 is 1.54 bits per heavy atom. The first-order valence-electron chi connectivity index (χ1n) is 13.9. The number of likely N-dealkylation sites (tertiary alicyclic amines) is 1. The molecule has 1 atom stereocenters. The van der Waals surface area contributed by atoms with Crippen LogP contribution in [0.15, 0.2) is 36.4 Å². The average Bonchev–Trinajstić information content (AvgIpc) is 2.92. The van der Waals surface area contributed by atoms with E-state index >= 15 is 0 Å². The molecule has 1 aliphatic heterocycles. The molecule has 0 radical (unpaired) electrons. The predicted octanol–water partition coefficient (Wildman–Crippen LogP) is 7.81. The zero-order chi connectivity index (χ0) is 26.1. The third-order valence-corrected chi connectivity index (χ3v) is 7.23. The van der Waals surface area contributed by atoms with E-state index in [-0.39, 0.29) is 11.9 Å². The van der Waals surface area contributed by atoms with Gasteiger partial charge in [0.05, 0.1) is 12.5 Å². The number of carbonyl (C=O) groups is 1. The third-order valence-electron chi connectivity index (χ3n) is 6.56. The van der Waals surface area contributed by atoms with Gasteiger partial charge in [0.2, 0.25) is 0 Å². The number of esters is 1. The Morgan fingerprint density at radius 1 is 0.943 bits per heavy atom. The van der Waals surface area contributed by atoms with E-state index < -0.39 is 0 Å².